The molecule has 0 saturated carbocycles. The lowest BCUT2D eigenvalue weighted by molar-refractivity contribution is 0.179. The fourth-order valence-electron chi connectivity index (χ4n) is 5.34. The minimum Gasteiger partial charge on any atom is -0.506 e. The van der Waals surface area contributed by atoms with Crippen LogP contribution >= 0.6 is 0 Å². The molecule has 2 aromatic heterocycles. The van der Waals surface area contributed by atoms with E-state index >= 15 is 0 Å². The van der Waals surface area contributed by atoms with E-state index in [9.17, 15) is 10.2 Å². The maximum Gasteiger partial charge on any atom is 0.141 e. The van der Waals surface area contributed by atoms with Crippen LogP contribution < -0.4 is 0 Å². The standard InChI is InChI=1S/C29H25N3O2/c33-26-13-10-20(23-7-3-15-30-28(23)26)17-32(25-12-9-19-5-1-2-6-22(19)25)18-21-11-14-27(34)29-24(21)8-4-16-31-29/h1-8,10-11,13-16,25,33-34H,9,12,17-18H2. The highest BCUT2D eigenvalue weighted by atomic mass is 16.3. The van der Waals surface area contributed by atoms with E-state index in [-0.39, 0.29) is 17.5 Å². The second-order valence-corrected chi connectivity index (χ2v) is 8.95. The molecule has 0 spiro atoms. The summed E-state index contributed by atoms with van der Waals surface area (Å²) in [5, 5.41) is 22.6. The van der Waals surface area contributed by atoms with Gasteiger partial charge in [-0.2, -0.15) is 0 Å². The molecule has 0 fully saturated rings. The van der Waals surface area contributed by atoms with Crippen LogP contribution in [0.25, 0.3) is 21.8 Å². The lowest BCUT2D eigenvalue weighted by Gasteiger charge is -2.31. The van der Waals surface area contributed by atoms with Crippen LogP contribution in [-0.2, 0) is 19.5 Å². The van der Waals surface area contributed by atoms with Crippen molar-refractivity contribution < 1.29 is 10.2 Å². The van der Waals surface area contributed by atoms with Gasteiger partial charge in [0.1, 0.15) is 22.5 Å². The van der Waals surface area contributed by atoms with Crippen molar-refractivity contribution in [2.45, 2.75) is 32.0 Å². The third-order valence-electron chi connectivity index (χ3n) is 6.97. The van der Waals surface area contributed by atoms with Gasteiger partial charge in [0.05, 0.1) is 0 Å². The molecule has 1 unspecified atom stereocenters. The Balaban J connectivity index is 1.45. The molecule has 1 atom stereocenters. The van der Waals surface area contributed by atoms with Crippen molar-refractivity contribution in [3.63, 3.8) is 0 Å². The van der Waals surface area contributed by atoms with Gasteiger partial charge in [0.2, 0.25) is 0 Å². The zero-order valence-electron chi connectivity index (χ0n) is 18.7. The van der Waals surface area contributed by atoms with Crippen molar-refractivity contribution in [2.24, 2.45) is 0 Å². The van der Waals surface area contributed by atoms with E-state index in [0.29, 0.717) is 24.1 Å². The van der Waals surface area contributed by atoms with Gasteiger partial charge in [-0.25, -0.2) is 0 Å². The van der Waals surface area contributed by atoms with Gasteiger partial charge in [-0.05, 0) is 59.4 Å². The predicted octanol–water partition coefficient (Wildman–Crippen LogP) is 5.88. The van der Waals surface area contributed by atoms with Crippen molar-refractivity contribution in [1.82, 2.24) is 14.9 Å². The van der Waals surface area contributed by atoms with Crippen LogP contribution in [0.5, 0.6) is 11.5 Å². The Morgan fingerprint density at radius 1 is 0.706 bits per heavy atom. The van der Waals surface area contributed by atoms with Crippen molar-refractivity contribution in [1.29, 1.82) is 0 Å². The number of aromatic hydroxyl groups is 2. The molecule has 5 heteroatoms. The van der Waals surface area contributed by atoms with Gasteiger partial charge in [0.15, 0.2) is 0 Å². The van der Waals surface area contributed by atoms with Gasteiger partial charge in [-0.1, -0.05) is 48.5 Å². The Morgan fingerprint density at radius 2 is 1.29 bits per heavy atom. The van der Waals surface area contributed by atoms with Crippen LogP contribution in [0.1, 0.15) is 34.7 Å². The Hall–Kier alpha value is -3.96. The van der Waals surface area contributed by atoms with E-state index in [1.54, 1.807) is 24.5 Å². The normalized spacial score (nSPS) is 15.3. The summed E-state index contributed by atoms with van der Waals surface area (Å²) in [6.45, 7) is 1.42. The van der Waals surface area contributed by atoms with Crippen LogP contribution in [0.4, 0.5) is 0 Å². The van der Waals surface area contributed by atoms with E-state index in [1.165, 1.54) is 11.1 Å². The number of aryl methyl sites for hydroxylation is 1. The van der Waals surface area contributed by atoms with Crippen LogP contribution in [-0.4, -0.2) is 25.1 Å². The molecule has 5 aromatic rings. The Kier molecular flexibility index (Phi) is 5.12. The summed E-state index contributed by atoms with van der Waals surface area (Å²) < 4.78 is 0. The summed E-state index contributed by atoms with van der Waals surface area (Å²) in [5.74, 6) is 0.403. The molecular formula is C29H25N3O2. The number of fused-ring (bicyclic) bond motifs is 3. The second-order valence-electron chi connectivity index (χ2n) is 8.95. The SMILES string of the molecule is Oc1ccc(CN(Cc2ccc(O)c3ncccc23)C2CCc3ccccc32)c2cccnc12. The van der Waals surface area contributed by atoms with Crippen molar-refractivity contribution in [3.8, 4) is 11.5 Å². The second kappa shape index (κ2) is 8.43. The molecule has 0 amide bonds. The quantitative estimate of drug-likeness (QED) is 0.352. The van der Waals surface area contributed by atoms with Gasteiger partial charge in [0.25, 0.3) is 0 Å². The minimum atomic E-state index is 0.202. The molecule has 168 valence electrons. The maximum absolute atomic E-state index is 10.3. The molecule has 2 heterocycles. The molecule has 0 bridgehead atoms. The fourth-order valence-corrected chi connectivity index (χ4v) is 5.34. The molecule has 6 rings (SSSR count). The monoisotopic (exact) mass is 447 g/mol. The number of pyridine rings is 2. The predicted molar refractivity (Wildman–Crippen MR) is 134 cm³/mol. The zero-order chi connectivity index (χ0) is 23.1. The number of aromatic nitrogens is 2. The van der Waals surface area contributed by atoms with Crippen LogP contribution in [0.15, 0.2) is 85.2 Å². The Bertz CT molecular complexity index is 1430. The average molecular weight is 448 g/mol. The van der Waals surface area contributed by atoms with Crippen molar-refractivity contribution in [3.05, 3.63) is 107 Å². The topological polar surface area (TPSA) is 69.5 Å². The first-order valence-electron chi connectivity index (χ1n) is 11.6. The lowest BCUT2D eigenvalue weighted by Crippen LogP contribution is -2.27. The van der Waals surface area contributed by atoms with E-state index in [4.69, 9.17) is 0 Å². The summed E-state index contributed by atoms with van der Waals surface area (Å²) in [6, 6.07) is 24.4. The average Bonchev–Trinajstić information content (AvgIpc) is 3.31. The van der Waals surface area contributed by atoms with Crippen molar-refractivity contribution in [2.75, 3.05) is 0 Å². The highest BCUT2D eigenvalue weighted by molar-refractivity contribution is 5.88. The summed E-state index contributed by atoms with van der Waals surface area (Å²) in [4.78, 5) is 11.3. The molecule has 5 nitrogen and oxygen atoms in total. The largest absolute Gasteiger partial charge is 0.506 e. The first kappa shape index (κ1) is 20.6. The van der Waals surface area contributed by atoms with E-state index in [2.05, 4.69) is 39.1 Å². The molecular weight excluding hydrogens is 422 g/mol. The number of phenols is 2. The highest BCUT2D eigenvalue weighted by Crippen LogP contribution is 2.39. The third kappa shape index (κ3) is 3.55. The van der Waals surface area contributed by atoms with Crippen molar-refractivity contribution >= 4 is 21.8 Å². The van der Waals surface area contributed by atoms with Gasteiger partial charge < -0.3 is 10.2 Å². The van der Waals surface area contributed by atoms with Gasteiger partial charge in [-0.15, -0.1) is 0 Å². The molecule has 0 radical (unpaired) electrons. The number of hydrogen-bond donors (Lipinski definition) is 2. The molecule has 2 N–H and O–H groups in total. The maximum atomic E-state index is 10.3. The minimum absolute atomic E-state index is 0.202. The number of phenolic OH excluding ortho intramolecular Hbond substituents is 2. The first-order valence-corrected chi connectivity index (χ1v) is 11.6. The Labute approximate surface area is 198 Å². The Morgan fingerprint density at radius 3 is 1.91 bits per heavy atom. The van der Waals surface area contributed by atoms with Gasteiger partial charge >= 0.3 is 0 Å². The van der Waals surface area contributed by atoms with Crippen LogP contribution in [0.3, 0.4) is 0 Å². The highest BCUT2D eigenvalue weighted by Gasteiger charge is 2.29. The van der Waals surface area contributed by atoms with Crippen LogP contribution in [0.2, 0.25) is 0 Å². The van der Waals surface area contributed by atoms with E-state index in [0.717, 1.165) is 34.7 Å². The third-order valence-corrected chi connectivity index (χ3v) is 6.97. The molecule has 0 aliphatic heterocycles. The van der Waals surface area contributed by atoms with Crippen LogP contribution in [0, 0.1) is 0 Å². The number of rotatable bonds is 5. The number of hydrogen-bond acceptors (Lipinski definition) is 5. The van der Waals surface area contributed by atoms with Gasteiger partial charge in [-0.3, -0.25) is 14.9 Å². The summed E-state index contributed by atoms with van der Waals surface area (Å²) in [5.41, 5.74) is 6.31. The molecule has 3 aromatic carbocycles. The fraction of sp³-hybridized carbons (Fsp3) is 0.172. The first-order chi connectivity index (χ1) is 16.7. The molecule has 1 aliphatic rings. The smallest absolute Gasteiger partial charge is 0.141 e. The number of benzene rings is 3. The lowest BCUT2D eigenvalue weighted by atomic mass is 10.0. The van der Waals surface area contributed by atoms with Gasteiger partial charge in [0, 0.05) is 42.3 Å². The summed E-state index contributed by atoms with van der Waals surface area (Å²) in [6.07, 6.45) is 5.55. The number of nitrogens with zero attached hydrogens (tertiary/aromatic N) is 3. The van der Waals surface area contributed by atoms with E-state index in [1.807, 2.05) is 36.4 Å². The zero-order valence-corrected chi connectivity index (χ0v) is 18.7. The molecule has 1 aliphatic carbocycles. The van der Waals surface area contributed by atoms with E-state index < -0.39 is 0 Å². The molecule has 34 heavy (non-hydrogen) atoms. The summed E-state index contributed by atoms with van der Waals surface area (Å²) >= 11 is 0. The molecule has 0 saturated heterocycles. The summed E-state index contributed by atoms with van der Waals surface area (Å²) in [7, 11) is 0.